The fourth-order valence-electron chi connectivity index (χ4n) is 3.72. The number of rotatable bonds is 25. The monoisotopic (exact) mass is 1090 g/mol. The predicted octanol–water partition coefficient (Wildman–Crippen LogP) is -6.53. The van der Waals surface area contributed by atoms with Gasteiger partial charge in [-0.2, -0.15) is 0 Å². The molecule has 0 heterocycles. The highest BCUT2D eigenvalue weighted by Gasteiger charge is 2.56. The Labute approximate surface area is 333 Å². The van der Waals surface area contributed by atoms with Crippen molar-refractivity contribution in [3.63, 3.8) is 0 Å². The molecule has 1 aromatic carbocycles. The number of carbonyl (C=O) groups excluding carboxylic acids is 1. The highest BCUT2D eigenvalue weighted by Crippen LogP contribution is 2.23. The molecule has 0 aliphatic heterocycles. The van der Waals surface area contributed by atoms with Gasteiger partial charge in [0, 0.05) is 6.92 Å². The van der Waals surface area contributed by atoms with Crippen molar-refractivity contribution in [1.29, 1.82) is 0 Å². The lowest BCUT2D eigenvalue weighted by Gasteiger charge is -2.22. The Hall–Kier alpha value is -0.972. The fourth-order valence-corrected chi connectivity index (χ4v) is 205. The van der Waals surface area contributed by atoms with Crippen LogP contribution in [0, 0.1) is 0 Å². The minimum atomic E-state index is -4.43. The Morgan fingerprint density at radius 1 is 0.545 bits per heavy atom. The number of hydrogen-bond acceptors (Lipinski definition) is 22. The standard InChI is InChI=1S/C13H20O22Si20/c1-11(14)34-13-9-5-4-7-12(13)8-6-10-55(2,3)35-37(16)39(18)41(20)43(22)45(24)47(26)49(28)51(30)53(32)54(33)52(31)50(29)48(27)46(25)44(23)42(21)40(19)38(17)36-15/h4-5,7,9,36H,6,8,10H2,1-3H3. The summed E-state index contributed by atoms with van der Waals surface area (Å²) in [5.74, 6) is -0.216. The Balaban J connectivity index is 2.91. The van der Waals surface area contributed by atoms with E-state index in [1.165, 1.54) is 6.92 Å². The molecule has 22 nitrogen and oxygen atoms in total. The van der Waals surface area contributed by atoms with Crippen LogP contribution in [0.25, 0.3) is 0 Å². The molecule has 0 atom stereocenters. The average Bonchev–Trinajstić information content (AvgIpc) is 3.15. The summed E-state index contributed by atoms with van der Waals surface area (Å²) in [6, 6.07) is 6.95. The lowest BCUT2D eigenvalue weighted by Crippen LogP contribution is -2.56. The quantitative estimate of drug-likeness (QED) is 0.0499. The zero-order valence-electron chi connectivity index (χ0n) is 28.0. The van der Waals surface area contributed by atoms with E-state index in [9.17, 15) is 89.6 Å². The van der Waals surface area contributed by atoms with E-state index >= 15 is 0 Å². The van der Waals surface area contributed by atoms with Gasteiger partial charge in [0.2, 0.25) is 8.32 Å². The molecule has 55 heavy (non-hydrogen) atoms. The number of esters is 1. The van der Waals surface area contributed by atoms with Gasteiger partial charge >= 0.3 is 155 Å². The molecule has 0 aliphatic carbocycles. The molecule has 0 saturated heterocycles. The fraction of sp³-hybridized carbons (Fsp3) is 0.462. The van der Waals surface area contributed by atoms with Gasteiger partial charge in [0.1, 0.15) is 5.75 Å². The summed E-state index contributed by atoms with van der Waals surface area (Å²) in [5.41, 5.74) is 0.674. The maximum absolute atomic E-state index is 12.8. The molecule has 0 N–H and O–H groups in total. The third-order valence-electron chi connectivity index (χ3n) is 6.43. The third kappa shape index (κ3) is 15.0. The van der Waals surface area contributed by atoms with Crippen molar-refractivity contribution in [3.05, 3.63) is 29.8 Å². The van der Waals surface area contributed by atoms with Gasteiger partial charge in [-0.3, -0.25) is 4.79 Å². The number of carbonyl (C=O) groups is 1. The Morgan fingerprint density at radius 3 is 1.22 bits per heavy atom. The minimum Gasteiger partial charge on any atom is -0.578 e. The molecule has 284 valence electrons. The Morgan fingerprint density at radius 2 is 0.873 bits per heavy atom. The van der Waals surface area contributed by atoms with Crippen LogP contribution in [0.4, 0.5) is 0 Å². The number of ether oxygens (including phenoxy) is 1. The van der Waals surface area contributed by atoms with Crippen molar-refractivity contribution >= 4 is 163 Å². The highest BCUT2D eigenvalue weighted by atomic mass is 30.1. The summed E-state index contributed by atoms with van der Waals surface area (Å²) in [5, 5.41) is 0. The van der Waals surface area contributed by atoms with Crippen LogP contribution in [0.2, 0.25) is 19.1 Å². The predicted molar refractivity (Wildman–Crippen MR) is 193 cm³/mol. The van der Waals surface area contributed by atoms with Gasteiger partial charge in [-0.05, 0) is 43.6 Å². The van der Waals surface area contributed by atoms with E-state index < -0.39 is 163 Å². The highest BCUT2D eigenvalue weighted by molar-refractivity contribution is 7.82. The van der Waals surface area contributed by atoms with Crippen molar-refractivity contribution < 1.29 is 98.4 Å². The van der Waals surface area contributed by atoms with Crippen LogP contribution in [0.5, 0.6) is 5.75 Å². The molecule has 0 unspecified atom stereocenters. The lowest BCUT2D eigenvalue weighted by atomic mass is 10.1. The van der Waals surface area contributed by atoms with Gasteiger partial charge in [0.25, 0.3) is 0 Å². The van der Waals surface area contributed by atoms with Gasteiger partial charge in [-0.1, -0.05) is 18.2 Å². The SMILES string of the molecule is CC(=O)Oc1ccccc1CCC[Si](C)(C)O[Si](=O)[Si](=O)[Si](=O)[Si](=O)[Si](=O)[Si](=O)[Si](=O)[Si](=O)[Si](=O)[Si](=O)[Si](=O)[Si](=O)[Si](=O)[Si](=O)[Si](=O)[Si](=O)[Si](=O)[Si](=O)[SiH]=O. The van der Waals surface area contributed by atoms with Crippen LogP contribution in [0.15, 0.2) is 24.3 Å². The number of hydrogen-bond donors (Lipinski definition) is 0. The zero-order valence-corrected chi connectivity index (χ0v) is 48.1. The van der Waals surface area contributed by atoms with E-state index in [4.69, 9.17) is 8.85 Å². The summed E-state index contributed by atoms with van der Waals surface area (Å²) in [4.78, 5) is 11.3. The molecule has 0 aliphatic rings. The van der Waals surface area contributed by atoms with Gasteiger partial charge in [0.05, 0.1) is 0 Å². The third-order valence-corrected chi connectivity index (χ3v) is 146. The first-order valence-corrected chi connectivity index (χ1v) is 62.2. The molecule has 42 heteroatoms. The van der Waals surface area contributed by atoms with E-state index in [0.717, 1.165) is 0 Å². The molecular weight excluding hydrogens is 1070 g/mol. The number of aryl methyl sites for hydroxylation is 1. The molecule has 0 amide bonds. The van der Waals surface area contributed by atoms with Crippen LogP contribution in [0.3, 0.4) is 0 Å². The number of para-hydroxylation sites is 1. The summed E-state index contributed by atoms with van der Waals surface area (Å²) in [6.07, 6.45) is 0.795. The van der Waals surface area contributed by atoms with E-state index in [2.05, 4.69) is 0 Å². The van der Waals surface area contributed by atoms with Crippen LogP contribution < -0.4 is 4.74 Å². The summed E-state index contributed by atoms with van der Waals surface area (Å²) in [7, 11) is -80.1. The van der Waals surface area contributed by atoms with Gasteiger partial charge in [-0.25, -0.2) is 0 Å². The maximum Gasteiger partial charge on any atom is 0.532 e. The van der Waals surface area contributed by atoms with Crippen LogP contribution in [-0.2, 0) is 100 Å². The van der Waals surface area contributed by atoms with Crippen molar-refractivity contribution in [2.45, 2.75) is 38.9 Å². The van der Waals surface area contributed by atoms with Crippen molar-refractivity contribution in [3.8, 4) is 5.75 Å². The van der Waals surface area contributed by atoms with Gasteiger partial charge in [0.15, 0.2) is 0 Å². The second-order valence-electron chi connectivity index (χ2n) is 11.0. The molecule has 0 saturated carbocycles. The summed E-state index contributed by atoms with van der Waals surface area (Å²) >= 11 is 0. The topological polar surface area (TPSA) is 360 Å². The number of benzene rings is 1. The normalized spacial score (nSPS) is 10.3. The largest absolute Gasteiger partial charge is 0.578 e. The molecule has 1 rings (SSSR count). The second kappa shape index (κ2) is 23.6. The Bertz CT molecular complexity index is 2150. The minimum absolute atomic E-state index is 0.294. The molecule has 0 spiro atoms. The first kappa shape index (κ1) is 52.0. The molecular formula is C13H20O22Si20. The smallest absolute Gasteiger partial charge is 0.532 e. The maximum atomic E-state index is 12.8. The molecule has 0 bridgehead atoms. The van der Waals surface area contributed by atoms with E-state index in [1.807, 2.05) is 0 Å². The van der Waals surface area contributed by atoms with Gasteiger partial charge in [-0.15, -0.1) is 0 Å². The second-order valence-corrected chi connectivity index (χ2v) is 102. The molecule has 0 aromatic heterocycles. The zero-order chi connectivity index (χ0) is 42.7. The summed E-state index contributed by atoms with van der Waals surface area (Å²) < 4.78 is 245. The average molecular weight is 1090 g/mol. The van der Waals surface area contributed by atoms with Crippen molar-refractivity contribution in [1.82, 2.24) is 0 Å². The van der Waals surface area contributed by atoms with Crippen LogP contribution in [0.1, 0.15) is 18.9 Å². The lowest BCUT2D eigenvalue weighted by molar-refractivity contribution is -0.131. The Kier molecular flexibility index (Phi) is 22.3. The van der Waals surface area contributed by atoms with E-state index in [-0.39, 0.29) is 0 Å². The molecule has 0 fully saturated rings. The van der Waals surface area contributed by atoms with Crippen molar-refractivity contribution in [2.24, 2.45) is 0 Å². The van der Waals surface area contributed by atoms with Crippen molar-refractivity contribution in [2.75, 3.05) is 0 Å². The summed E-state index contributed by atoms with van der Waals surface area (Å²) in [6.45, 7) is 4.38. The first-order chi connectivity index (χ1) is 25.3. The van der Waals surface area contributed by atoms with E-state index in [1.54, 1.807) is 37.4 Å². The molecule has 0 radical (unpaired) electrons. The van der Waals surface area contributed by atoms with E-state index in [0.29, 0.717) is 30.2 Å². The first-order valence-electron chi connectivity index (χ1n) is 14.5. The molecule has 1 aromatic rings. The van der Waals surface area contributed by atoms with Gasteiger partial charge < -0.3 is 93.6 Å². The van der Waals surface area contributed by atoms with Crippen LogP contribution >= 0.6 is 0 Å². The van der Waals surface area contributed by atoms with Crippen LogP contribution in [-0.4, -0.2) is 163 Å².